The lowest BCUT2D eigenvalue weighted by Crippen LogP contribution is -2.12. The minimum absolute atomic E-state index is 0.831. The van der Waals surface area contributed by atoms with E-state index in [1.165, 1.54) is 0 Å². The topological polar surface area (TPSA) is 71.4 Å². The van der Waals surface area contributed by atoms with Gasteiger partial charge in [-0.1, -0.05) is 0 Å². The molecule has 50 valence electrons. The van der Waals surface area contributed by atoms with Crippen LogP contribution in [0.1, 0.15) is 6.42 Å². The molecule has 0 amide bonds. The maximum Gasteiger partial charge on any atom is 0.311 e. The number of carboxylic acid groups (broad SMARTS) is 1. The first-order chi connectivity index (χ1) is 4.04. The summed E-state index contributed by atoms with van der Waals surface area (Å²) in [6, 6.07) is 0. The number of carbonyl (C=O) groups is 3. The second-order valence-corrected chi connectivity index (χ2v) is 1.61. The monoisotopic (exact) mass is 150 g/mol. The van der Waals surface area contributed by atoms with Crippen molar-refractivity contribution in [3.8, 4) is 0 Å². The lowest BCUT2D eigenvalue weighted by molar-refractivity contribution is -0.142. The van der Waals surface area contributed by atoms with Gasteiger partial charge in [-0.05, 0) is 11.6 Å². The Bertz CT molecular complexity index is 162. The molecule has 0 saturated heterocycles. The van der Waals surface area contributed by atoms with E-state index in [4.69, 9.17) is 5.11 Å². The molecule has 1 N–H and O–H groups in total. The van der Waals surface area contributed by atoms with Crippen molar-refractivity contribution < 1.29 is 19.5 Å². The number of ketones is 1. The fourth-order valence-electron chi connectivity index (χ4n) is 0.207. The van der Waals surface area contributed by atoms with E-state index in [1.54, 1.807) is 0 Å². The summed E-state index contributed by atoms with van der Waals surface area (Å²) >= 11 is 4.62. The number of aliphatic carboxylic acids is 1. The zero-order valence-electron chi connectivity index (χ0n) is 4.26. The van der Waals surface area contributed by atoms with E-state index in [-0.39, 0.29) is 0 Å². The third-order valence-corrected chi connectivity index (χ3v) is 0.742. The van der Waals surface area contributed by atoms with Gasteiger partial charge in [0.1, 0.15) is 6.42 Å². The van der Waals surface area contributed by atoms with Crippen molar-refractivity contribution in [2.45, 2.75) is 6.42 Å². The van der Waals surface area contributed by atoms with E-state index < -0.39 is 23.4 Å². The summed E-state index contributed by atoms with van der Waals surface area (Å²) in [5, 5.41) is 6.66. The van der Waals surface area contributed by atoms with Crippen LogP contribution < -0.4 is 0 Å². The van der Waals surface area contributed by atoms with Crippen LogP contribution in [0.5, 0.6) is 0 Å². The van der Waals surface area contributed by atoms with Gasteiger partial charge in [0.15, 0.2) is 0 Å². The van der Waals surface area contributed by atoms with Crippen LogP contribution in [0.4, 0.5) is 0 Å². The molecule has 9 heavy (non-hydrogen) atoms. The smallest absolute Gasteiger partial charge is 0.311 e. The van der Waals surface area contributed by atoms with Crippen LogP contribution in [-0.2, 0) is 14.4 Å². The number of hydrogen-bond donors (Lipinski definition) is 1. The number of carboxylic acids is 1. The van der Waals surface area contributed by atoms with Crippen LogP contribution in [0.3, 0.4) is 0 Å². The average molecular weight is 151 g/mol. The quantitative estimate of drug-likeness (QED) is 0.344. The van der Waals surface area contributed by atoms with Crippen LogP contribution in [0, 0.1) is 0 Å². The van der Waals surface area contributed by atoms with E-state index in [0.717, 1.165) is 0 Å². The summed E-state index contributed by atoms with van der Waals surface area (Å²) in [5.41, 5.74) is 0. The average Bonchev–Trinajstić information content (AvgIpc) is 1.63. The predicted octanol–water partition coefficient (Wildman–Crippen LogP) is -0.204. The van der Waals surface area contributed by atoms with Gasteiger partial charge in [0, 0.05) is 0 Å². The van der Waals surface area contributed by atoms with Gasteiger partial charge in [-0.2, -0.15) is 0 Å². The molecule has 0 aliphatic carbocycles. The van der Waals surface area contributed by atoms with Crippen molar-refractivity contribution in [3.05, 3.63) is 0 Å². The first-order valence-corrected chi connectivity index (χ1v) is 2.36. The van der Waals surface area contributed by atoms with Crippen molar-refractivity contribution in [1.82, 2.24) is 0 Å². The summed E-state index contributed by atoms with van der Waals surface area (Å²) in [6.07, 6.45) is -0.831. The predicted molar refractivity (Wildman–Crippen MR) is 28.1 cm³/mol. The molecule has 4 nitrogen and oxygen atoms in total. The second kappa shape index (κ2) is 3.19. The molecule has 0 aromatic heterocycles. The highest BCUT2D eigenvalue weighted by molar-refractivity contribution is 6.81. The van der Waals surface area contributed by atoms with E-state index >= 15 is 0 Å². The molecule has 0 aliphatic rings. The van der Waals surface area contributed by atoms with Gasteiger partial charge in [-0.3, -0.25) is 14.4 Å². The van der Waals surface area contributed by atoms with Crippen LogP contribution in [-0.4, -0.2) is 22.1 Å². The van der Waals surface area contributed by atoms with E-state index in [9.17, 15) is 14.4 Å². The first-order valence-electron chi connectivity index (χ1n) is 1.98. The minimum atomic E-state index is -1.35. The molecular weight excluding hydrogens is 147 g/mol. The highest BCUT2D eigenvalue weighted by Crippen LogP contribution is 1.88. The summed E-state index contributed by atoms with van der Waals surface area (Å²) in [5.74, 6) is -2.45. The van der Waals surface area contributed by atoms with E-state index in [0.29, 0.717) is 0 Å². The molecular formula is C4H3ClO4. The third kappa shape index (κ3) is 3.66. The van der Waals surface area contributed by atoms with Crippen molar-refractivity contribution >= 4 is 28.6 Å². The Labute approximate surface area is 55.4 Å². The SMILES string of the molecule is O=C(O)CC(=O)C(=O)Cl. The maximum absolute atomic E-state index is 10.1. The number of hydrogen-bond acceptors (Lipinski definition) is 3. The number of Topliss-reactive ketones (excluding diaryl/α,β-unsaturated/α-hetero) is 1. The summed E-state index contributed by atoms with van der Waals surface area (Å²) in [4.78, 5) is 29.6. The highest BCUT2D eigenvalue weighted by Gasteiger charge is 2.13. The zero-order valence-corrected chi connectivity index (χ0v) is 5.01. The Balaban J connectivity index is 3.79. The van der Waals surface area contributed by atoms with Gasteiger partial charge in [-0.25, -0.2) is 0 Å². The molecule has 0 rings (SSSR count). The lowest BCUT2D eigenvalue weighted by Gasteiger charge is -1.84. The molecule has 0 fully saturated rings. The molecule has 0 aliphatic heterocycles. The highest BCUT2D eigenvalue weighted by atomic mass is 35.5. The minimum Gasteiger partial charge on any atom is -0.481 e. The molecule has 0 atom stereocenters. The Morgan fingerprint density at radius 2 is 1.78 bits per heavy atom. The molecule has 0 unspecified atom stereocenters. The Morgan fingerprint density at radius 3 is 1.89 bits per heavy atom. The van der Waals surface area contributed by atoms with Gasteiger partial charge in [0.25, 0.3) is 5.24 Å². The zero-order chi connectivity index (χ0) is 7.44. The third-order valence-electron chi connectivity index (χ3n) is 0.531. The van der Waals surface area contributed by atoms with Gasteiger partial charge < -0.3 is 5.11 Å². The number of rotatable bonds is 3. The molecule has 0 bridgehead atoms. The fourth-order valence-corrected chi connectivity index (χ4v) is 0.274. The number of halogens is 1. The normalized spacial score (nSPS) is 8.56. The summed E-state index contributed by atoms with van der Waals surface area (Å²) in [7, 11) is 0. The van der Waals surface area contributed by atoms with Crippen molar-refractivity contribution in [2.24, 2.45) is 0 Å². The fraction of sp³-hybridized carbons (Fsp3) is 0.250. The molecule has 0 radical (unpaired) electrons. The van der Waals surface area contributed by atoms with E-state index in [2.05, 4.69) is 11.6 Å². The van der Waals surface area contributed by atoms with Gasteiger partial charge in [0.2, 0.25) is 5.78 Å². The van der Waals surface area contributed by atoms with Gasteiger partial charge in [0.05, 0.1) is 0 Å². The van der Waals surface area contributed by atoms with Crippen molar-refractivity contribution in [2.75, 3.05) is 0 Å². The largest absolute Gasteiger partial charge is 0.481 e. The first kappa shape index (κ1) is 8.10. The van der Waals surface area contributed by atoms with Crippen LogP contribution in [0.2, 0.25) is 0 Å². The molecule has 0 saturated carbocycles. The molecule has 0 spiro atoms. The van der Waals surface area contributed by atoms with Crippen LogP contribution in [0.25, 0.3) is 0 Å². The molecule has 5 heteroatoms. The summed E-state index contributed by atoms with van der Waals surface area (Å²) < 4.78 is 0. The van der Waals surface area contributed by atoms with Crippen LogP contribution >= 0.6 is 11.6 Å². The molecule has 0 aromatic rings. The van der Waals surface area contributed by atoms with Crippen molar-refractivity contribution in [1.29, 1.82) is 0 Å². The standard InChI is InChI=1S/C4H3ClO4/c5-4(9)2(6)1-3(7)8/h1H2,(H,7,8). The summed E-state index contributed by atoms with van der Waals surface area (Å²) in [6.45, 7) is 0. The Hall–Kier alpha value is -0.900. The lowest BCUT2D eigenvalue weighted by atomic mass is 10.3. The Morgan fingerprint density at radius 1 is 1.33 bits per heavy atom. The molecule has 0 heterocycles. The molecule has 0 aromatic carbocycles. The van der Waals surface area contributed by atoms with E-state index in [1.807, 2.05) is 0 Å². The number of carbonyl (C=O) groups excluding carboxylic acids is 2. The van der Waals surface area contributed by atoms with Gasteiger partial charge >= 0.3 is 5.97 Å². The maximum atomic E-state index is 10.1. The van der Waals surface area contributed by atoms with Gasteiger partial charge in [-0.15, -0.1) is 0 Å². The van der Waals surface area contributed by atoms with Crippen molar-refractivity contribution in [3.63, 3.8) is 0 Å². The second-order valence-electron chi connectivity index (χ2n) is 1.27. The Kier molecular flexibility index (Phi) is 2.87. The van der Waals surface area contributed by atoms with Crippen LogP contribution in [0.15, 0.2) is 0 Å².